The summed E-state index contributed by atoms with van der Waals surface area (Å²) in [7, 11) is 1.67. The Morgan fingerprint density at radius 1 is 1.40 bits per heavy atom. The number of hydrogen-bond acceptors (Lipinski definition) is 4. The van der Waals surface area contributed by atoms with E-state index >= 15 is 0 Å². The summed E-state index contributed by atoms with van der Waals surface area (Å²) in [5.74, 6) is -0.825. The van der Waals surface area contributed by atoms with Gasteiger partial charge in [-0.25, -0.2) is 4.79 Å². The molecule has 0 unspecified atom stereocenters. The molecule has 0 aromatic carbocycles. The molecule has 2 aromatic rings. The summed E-state index contributed by atoms with van der Waals surface area (Å²) in [6.45, 7) is 9.67. The third-order valence-corrected chi connectivity index (χ3v) is 6.41. The Morgan fingerprint density at radius 2 is 2.12 bits per heavy atom. The molecule has 0 saturated heterocycles. The maximum atomic E-state index is 12.1. The molecular formula is C19H26N2O3S. The van der Waals surface area contributed by atoms with Gasteiger partial charge in [0.1, 0.15) is 0 Å². The quantitative estimate of drug-likeness (QED) is 0.870. The number of aryl methyl sites for hydroxylation is 2. The minimum Gasteiger partial charge on any atom is -0.478 e. The molecule has 0 fully saturated rings. The van der Waals surface area contributed by atoms with E-state index in [1.807, 2.05) is 18.5 Å². The number of aromatic nitrogens is 2. The topological polar surface area (TPSA) is 64.4 Å². The number of ether oxygens (including phenoxy) is 1. The van der Waals surface area contributed by atoms with Crippen LogP contribution in [0.15, 0.2) is 0 Å². The van der Waals surface area contributed by atoms with Gasteiger partial charge in [-0.1, -0.05) is 13.8 Å². The molecule has 1 aliphatic rings. The van der Waals surface area contributed by atoms with Gasteiger partial charge in [0, 0.05) is 23.2 Å². The molecule has 25 heavy (non-hydrogen) atoms. The van der Waals surface area contributed by atoms with Crippen molar-refractivity contribution in [2.45, 2.75) is 53.5 Å². The van der Waals surface area contributed by atoms with Crippen LogP contribution in [-0.4, -0.2) is 34.6 Å². The lowest BCUT2D eigenvalue weighted by Crippen LogP contribution is -2.22. The summed E-state index contributed by atoms with van der Waals surface area (Å²) in [4.78, 5) is 14.2. The number of fused-ring (bicyclic) bond motifs is 1. The predicted octanol–water partition coefficient (Wildman–Crippen LogP) is 4.09. The molecule has 1 aliphatic carbocycles. The van der Waals surface area contributed by atoms with Crippen LogP contribution >= 0.6 is 11.3 Å². The maximum absolute atomic E-state index is 12.1. The van der Waals surface area contributed by atoms with Crippen LogP contribution in [-0.2, 0) is 24.1 Å². The number of hydrogen-bond donors (Lipinski definition) is 1. The monoisotopic (exact) mass is 362 g/mol. The molecule has 0 atom stereocenters. The first kappa shape index (κ1) is 18.1. The van der Waals surface area contributed by atoms with E-state index in [9.17, 15) is 9.90 Å². The highest BCUT2D eigenvalue weighted by Gasteiger charge is 2.34. The Labute approximate surface area is 152 Å². The van der Waals surface area contributed by atoms with Gasteiger partial charge in [0.25, 0.3) is 0 Å². The van der Waals surface area contributed by atoms with Gasteiger partial charge in [-0.2, -0.15) is 5.10 Å². The molecule has 2 heterocycles. The van der Waals surface area contributed by atoms with Crippen LogP contribution in [0.3, 0.4) is 0 Å². The fraction of sp³-hybridized carbons (Fsp3) is 0.579. The molecular weight excluding hydrogens is 336 g/mol. The lowest BCUT2D eigenvalue weighted by Gasteiger charge is -2.29. The number of carboxylic acid groups (broad SMARTS) is 1. The zero-order valence-electron chi connectivity index (χ0n) is 15.6. The second-order valence-corrected chi connectivity index (χ2v) is 8.72. The number of nitrogens with zero attached hydrogens (tertiary/aromatic N) is 2. The Kier molecular flexibility index (Phi) is 4.77. The van der Waals surface area contributed by atoms with E-state index in [-0.39, 0.29) is 5.41 Å². The highest BCUT2D eigenvalue weighted by Crippen LogP contribution is 2.46. The van der Waals surface area contributed by atoms with E-state index in [1.165, 1.54) is 4.88 Å². The van der Waals surface area contributed by atoms with Crippen LogP contribution in [0.1, 0.15) is 52.5 Å². The fourth-order valence-corrected chi connectivity index (χ4v) is 5.20. The SMILES string of the molecule is COCCn1nc(C)c(-c2sc3c(c2C(=O)O)CC(C)(C)CC3)c1C. The van der Waals surface area contributed by atoms with E-state index in [1.54, 1.807) is 18.4 Å². The molecule has 5 nitrogen and oxygen atoms in total. The van der Waals surface area contributed by atoms with Crippen LogP contribution in [0.5, 0.6) is 0 Å². The minimum absolute atomic E-state index is 0.155. The minimum atomic E-state index is -0.825. The summed E-state index contributed by atoms with van der Waals surface area (Å²) in [5.41, 5.74) is 4.55. The lowest BCUT2D eigenvalue weighted by atomic mass is 9.76. The number of rotatable bonds is 5. The first-order chi connectivity index (χ1) is 11.7. The summed E-state index contributed by atoms with van der Waals surface area (Å²) in [5, 5.41) is 14.5. The molecule has 0 bridgehead atoms. The molecule has 0 saturated carbocycles. The molecule has 0 aliphatic heterocycles. The summed E-state index contributed by atoms with van der Waals surface area (Å²) < 4.78 is 7.07. The normalized spacial score (nSPS) is 16.0. The Hall–Kier alpha value is -1.66. The summed E-state index contributed by atoms with van der Waals surface area (Å²) >= 11 is 1.64. The first-order valence-corrected chi connectivity index (χ1v) is 9.48. The van der Waals surface area contributed by atoms with Crippen molar-refractivity contribution in [3.8, 4) is 10.4 Å². The first-order valence-electron chi connectivity index (χ1n) is 8.66. The summed E-state index contributed by atoms with van der Waals surface area (Å²) in [6.07, 6.45) is 2.89. The molecule has 6 heteroatoms. The van der Waals surface area contributed by atoms with Gasteiger partial charge in [0.05, 0.1) is 29.3 Å². The van der Waals surface area contributed by atoms with Gasteiger partial charge in [0.15, 0.2) is 0 Å². The van der Waals surface area contributed by atoms with E-state index in [0.717, 1.165) is 46.7 Å². The Morgan fingerprint density at radius 3 is 2.76 bits per heavy atom. The molecule has 0 amide bonds. The van der Waals surface area contributed by atoms with Crippen LogP contribution in [0, 0.1) is 19.3 Å². The molecule has 1 N–H and O–H groups in total. The molecule has 3 rings (SSSR count). The van der Waals surface area contributed by atoms with Gasteiger partial charge in [-0.3, -0.25) is 4.68 Å². The van der Waals surface area contributed by atoms with E-state index in [0.29, 0.717) is 18.7 Å². The van der Waals surface area contributed by atoms with Gasteiger partial charge >= 0.3 is 5.97 Å². The average molecular weight is 362 g/mol. The van der Waals surface area contributed by atoms with Crippen molar-refractivity contribution >= 4 is 17.3 Å². The largest absolute Gasteiger partial charge is 0.478 e. The number of aromatic carboxylic acids is 1. The Balaban J connectivity index is 2.14. The maximum Gasteiger partial charge on any atom is 0.337 e. The van der Waals surface area contributed by atoms with Crippen LogP contribution < -0.4 is 0 Å². The van der Waals surface area contributed by atoms with Crippen molar-refractivity contribution in [3.05, 3.63) is 27.4 Å². The molecule has 0 spiro atoms. The fourth-order valence-electron chi connectivity index (χ4n) is 3.74. The number of thiophene rings is 1. The average Bonchev–Trinajstić information content (AvgIpc) is 3.00. The van der Waals surface area contributed by atoms with Crippen LogP contribution in [0.4, 0.5) is 0 Å². The highest BCUT2D eigenvalue weighted by atomic mass is 32.1. The molecule has 2 aromatic heterocycles. The van der Waals surface area contributed by atoms with Crippen molar-refractivity contribution in [1.29, 1.82) is 0 Å². The zero-order chi connectivity index (χ0) is 18.4. The van der Waals surface area contributed by atoms with Crippen molar-refractivity contribution in [2.75, 3.05) is 13.7 Å². The second kappa shape index (κ2) is 6.57. The summed E-state index contributed by atoms with van der Waals surface area (Å²) in [6, 6.07) is 0. The van der Waals surface area contributed by atoms with Crippen LogP contribution in [0.2, 0.25) is 0 Å². The number of carbonyl (C=O) groups is 1. The van der Waals surface area contributed by atoms with Crippen molar-refractivity contribution in [1.82, 2.24) is 9.78 Å². The van der Waals surface area contributed by atoms with Gasteiger partial charge in [-0.05, 0) is 44.1 Å². The lowest BCUT2D eigenvalue weighted by molar-refractivity contribution is 0.0696. The number of methoxy groups -OCH3 is 1. The van der Waals surface area contributed by atoms with Crippen molar-refractivity contribution in [2.24, 2.45) is 5.41 Å². The number of carboxylic acids is 1. The zero-order valence-corrected chi connectivity index (χ0v) is 16.4. The highest BCUT2D eigenvalue weighted by molar-refractivity contribution is 7.16. The van der Waals surface area contributed by atoms with Gasteiger partial charge in [-0.15, -0.1) is 11.3 Å². The van der Waals surface area contributed by atoms with Crippen LogP contribution in [0.25, 0.3) is 10.4 Å². The van der Waals surface area contributed by atoms with Crippen molar-refractivity contribution < 1.29 is 14.6 Å². The molecule has 136 valence electrons. The van der Waals surface area contributed by atoms with Crippen molar-refractivity contribution in [3.63, 3.8) is 0 Å². The standard InChI is InChI=1S/C19H26N2O3S/c1-11-15(12(2)21(20-11)8-9-24-5)17-16(18(22)23)13-10-19(3,4)7-6-14(13)25-17/h6-10H2,1-5H3,(H,22,23). The predicted molar refractivity (Wildman–Crippen MR) is 99.7 cm³/mol. The second-order valence-electron chi connectivity index (χ2n) is 7.62. The Bertz CT molecular complexity index is 817. The van der Waals surface area contributed by atoms with E-state index < -0.39 is 5.97 Å². The van der Waals surface area contributed by atoms with E-state index in [4.69, 9.17) is 4.74 Å². The smallest absolute Gasteiger partial charge is 0.337 e. The van der Waals surface area contributed by atoms with Gasteiger partial charge in [0.2, 0.25) is 0 Å². The third kappa shape index (κ3) is 3.25. The third-order valence-electron chi connectivity index (χ3n) is 5.10. The van der Waals surface area contributed by atoms with E-state index in [2.05, 4.69) is 18.9 Å². The van der Waals surface area contributed by atoms with Gasteiger partial charge < -0.3 is 9.84 Å². The molecule has 0 radical (unpaired) electrons.